The van der Waals surface area contributed by atoms with Crippen molar-refractivity contribution in [1.29, 1.82) is 0 Å². The molecule has 0 amide bonds. The van der Waals surface area contributed by atoms with E-state index in [2.05, 4.69) is 89.6 Å². The minimum atomic E-state index is 0.625. The summed E-state index contributed by atoms with van der Waals surface area (Å²) in [5, 5.41) is 0. The smallest absolute Gasteiger partial charge is 0.0413 e. The topological polar surface area (TPSA) is 30.2 Å². The second kappa shape index (κ2) is 7.28. The van der Waals surface area contributed by atoms with Crippen LogP contribution in [0.25, 0.3) is 11.3 Å². The molecule has 3 heteroatoms. The van der Waals surface area contributed by atoms with Gasteiger partial charge in [-0.3, -0.25) is 0 Å². The van der Waals surface area contributed by atoms with Gasteiger partial charge < -0.3 is 14.9 Å². The summed E-state index contributed by atoms with van der Waals surface area (Å²) in [5.74, 6) is 0.814. The Morgan fingerprint density at radius 2 is 1.46 bits per heavy atom. The highest BCUT2D eigenvalue weighted by molar-refractivity contribution is 5.63. The van der Waals surface area contributed by atoms with E-state index in [0.29, 0.717) is 6.54 Å². The summed E-state index contributed by atoms with van der Waals surface area (Å²) < 4.78 is 0. The van der Waals surface area contributed by atoms with Gasteiger partial charge in [0, 0.05) is 17.9 Å². The average molecular weight is 338 g/mol. The van der Waals surface area contributed by atoms with E-state index in [9.17, 15) is 0 Å². The van der Waals surface area contributed by atoms with Gasteiger partial charge in [-0.25, -0.2) is 0 Å². The van der Waals surface area contributed by atoms with Crippen molar-refractivity contribution in [1.82, 2.24) is 9.97 Å². The molecule has 0 aliphatic heterocycles. The number of nitrogens with zero attached hydrogens (tertiary/aromatic N) is 3. The van der Waals surface area contributed by atoms with E-state index in [0.717, 1.165) is 28.5 Å². The van der Waals surface area contributed by atoms with E-state index in [4.69, 9.17) is 4.98 Å². The second-order valence-electron chi connectivity index (χ2n) is 6.30. The highest BCUT2D eigenvalue weighted by Crippen LogP contribution is 2.27. The lowest BCUT2D eigenvalue weighted by atomic mass is 10.1. The highest BCUT2D eigenvalue weighted by Gasteiger charge is 2.08. The van der Waals surface area contributed by atoms with Gasteiger partial charge in [-0.1, -0.05) is 78.2 Å². The van der Waals surface area contributed by atoms with Crippen LogP contribution in [0.3, 0.4) is 0 Å². The summed E-state index contributed by atoms with van der Waals surface area (Å²) in [5.41, 5.74) is 5.50. The van der Waals surface area contributed by atoms with Crippen molar-refractivity contribution in [2.45, 2.75) is 13.5 Å². The van der Waals surface area contributed by atoms with E-state index >= 15 is 0 Å². The number of para-hydroxylation sites is 2. The Morgan fingerprint density at radius 3 is 2.08 bits per heavy atom. The Balaban J connectivity index is 1.65. The second-order valence-corrected chi connectivity index (χ2v) is 6.30. The molecule has 4 aromatic rings. The Morgan fingerprint density at radius 1 is 0.808 bits per heavy atom. The van der Waals surface area contributed by atoms with Crippen LogP contribution in [0.5, 0.6) is 0 Å². The molecule has 0 aliphatic carbocycles. The van der Waals surface area contributed by atoms with E-state index in [1.54, 1.807) is 0 Å². The van der Waals surface area contributed by atoms with E-state index in [-0.39, 0.29) is 0 Å². The lowest BCUT2D eigenvalue weighted by Crippen LogP contribution is -2.17. The fraction of sp³-hybridized carbons (Fsp3) is 0.0870. The summed E-state index contributed by atoms with van der Waals surface area (Å²) in [6.45, 7) is 2.72. The lowest BCUT2D eigenvalue weighted by molar-refractivity contribution is 0.891. The molecule has 3 aromatic carbocycles. The Bertz CT molecular complexity index is 935. The zero-order valence-electron chi connectivity index (χ0n) is 14.7. The standard InChI is InChI=1S/C23H20N3/c1-18-9-8-10-19(15-18)22-16-24-23(25-22)17-26(20-11-4-2-5-12-20)21-13-6-3-7-14-21/h2-16H,17H2,1H3/q-1. The fourth-order valence-corrected chi connectivity index (χ4v) is 3.04. The maximum Gasteiger partial charge on any atom is 0.0413 e. The molecule has 0 spiro atoms. The first kappa shape index (κ1) is 16.2. The van der Waals surface area contributed by atoms with Gasteiger partial charge in [-0.15, -0.1) is 0 Å². The number of aryl methyl sites for hydroxylation is 1. The van der Waals surface area contributed by atoms with Crippen molar-refractivity contribution in [3.63, 3.8) is 0 Å². The van der Waals surface area contributed by atoms with Crippen LogP contribution >= 0.6 is 0 Å². The molecule has 0 saturated carbocycles. The molecule has 0 fully saturated rings. The molecule has 0 radical (unpaired) electrons. The third-order valence-corrected chi connectivity index (χ3v) is 4.33. The Kier molecular flexibility index (Phi) is 4.52. The molecular weight excluding hydrogens is 318 g/mol. The average Bonchev–Trinajstić information content (AvgIpc) is 3.16. The van der Waals surface area contributed by atoms with Gasteiger partial charge in [0.25, 0.3) is 0 Å². The first-order valence-electron chi connectivity index (χ1n) is 8.73. The van der Waals surface area contributed by atoms with E-state index < -0.39 is 0 Å². The molecule has 4 rings (SSSR count). The van der Waals surface area contributed by atoms with Crippen LogP contribution in [-0.4, -0.2) is 4.98 Å². The third-order valence-electron chi connectivity index (χ3n) is 4.33. The number of benzene rings is 3. The van der Waals surface area contributed by atoms with Gasteiger partial charge in [0.05, 0.1) is 0 Å². The summed E-state index contributed by atoms with van der Waals surface area (Å²) in [7, 11) is 0. The van der Waals surface area contributed by atoms with Crippen LogP contribution < -0.4 is 9.88 Å². The zero-order valence-corrected chi connectivity index (χ0v) is 14.7. The maximum absolute atomic E-state index is 4.76. The van der Waals surface area contributed by atoms with Crippen LogP contribution in [0.4, 0.5) is 11.4 Å². The quantitative estimate of drug-likeness (QED) is 0.491. The van der Waals surface area contributed by atoms with Gasteiger partial charge in [0.15, 0.2) is 0 Å². The molecule has 0 saturated heterocycles. The lowest BCUT2D eigenvalue weighted by Gasteiger charge is -2.26. The van der Waals surface area contributed by atoms with Crippen LogP contribution in [-0.2, 0) is 6.54 Å². The zero-order chi connectivity index (χ0) is 17.8. The van der Waals surface area contributed by atoms with Gasteiger partial charge >= 0.3 is 0 Å². The summed E-state index contributed by atoms with van der Waals surface area (Å²) >= 11 is 0. The van der Waals surface area contributed by atoms with Crippen molar-refractivity contribution < 1.29 is 0 Å². The van der Waals surface area contributed by atoms with Crippen molar-refractivity contribution in [3.05, 3.63) is 103 Å². The molecule has 26 heavy (non-hydrogen) atoms. The molecule has 0 bridgehead atoms. The van der Waals surface area contributed by atoms with Gasteiger partial charge in [0.1, 0.15) is 0 Å². The Labute approximate surface area is 154 Å². The fourth-order valence-electron chi connectivity index (χ4n) is 3.04. The number of rotatable bonds is 5. The van der Waals surface area contributed by atoms with Gasteiger partial charge in [0.2, 0.25) is 0 Å². The van der Waals surface area contributed by atoms with Crippen molar-refractivity contribution in [3.8, 4) is 11.3 Å². The van der Waals surface area contributed by atoms with Crippen molar-refractivity contribution in [2.75, 3.05) is 4.90 Å². The first-order valence-corrected chi connectivity index (χ1v) is 8.73. The maximum atomic E-state index is 4.76. The molecule has 0 atom stereocenters. The minimum Gasteiger partial charge on any atom is -0.444 e. The van der Waals surface area contributed by atoms with Crippen LogP contribution in [0.15, 0.2) is 91.1 Å². The molecule has 0 aliphatic rings. The summed E-state index contributed by atoms with van der Waals surface area (Å²) in [4.78, 5) is 11.6. The molecule has 3 nitrogen and oxygen atoms in total. The van der Waals surface area contributed by atoms with Gasteiger partial charge in [-0.2, -0.15) is 0 Å². The Hall–Kier alpha value is -3.33. The molecular formula is C23H20N3-. The number of hydrogen-bond donors (Lipinski definition) is 0. The highest BCUT2D eigenvalue weighted by atomic mass is 15.2. The normalized spacial score (nSPS) is 10.7. The van der Waals surface area contributed by atoms with Crippen LogP contribution in [0.1, 0.15) is 11.4 Å². The minimum absolute atomic E-state index is 0.625. The third kappa shape index (κ3) is 3.52. The van der Waals surface area contributed by atoms with Crippen molar-refractivity contribution >= 4 is 11.4 Å². The van der Waals surface area contributed by atoms with Crippen LogP contribution in [0, 0.1) is 6.92 Å². The number of hydrogen-bond acceptors (Lipinski definition) is 2. The molecule has 128 valence electrons. The summed E-state index contributed by atoms with van der Waals surface area (Å²) in [6, 6.07) is 29.1. The molecule has 0 unspecified atom stereocenters. The predicted octanol–water partition coefficient (Wildman–Crippen LogP) is 5.35. The largest absolute Gasteiger partial charge is 0.444 e. The predicted molar refractivity (Wildman–Crippen MR) is 106 cm³/mol. The van der Waals surface area contributed by atoms with E-state index in [1.165, 1.54) is 5.56 Å². The first-order chi connectivity index (χ1) is 12.8. The van der Waals surface area contributed by atoms with Gasteiger partial charge in [-0.05, 0) is 42.4 Å². The number of anilines is 2. The number of aromatic nitrogens is 2. The van der Waals surface area contributed by atoms with Crippen molar-refractivity contribution in [2.24, 2.45) is 0 Å². The molecule has 0 N–H and O–H groups in total. The van der Waals surface area contributed by atoms with Crippen LogP contribution in [0.2, 0.25) is 0 Å². The van der Waals surface area contributed by atoms with E-state index in [1.807, 2.05) is 18.3 Å². The monoisotopic (exact) mass is 338 g/mol. The number of imidazole rings is 1. The summed E-state index contributed by atoms with van der Waals surface area (Å²) in [6.07, 6.45) is 1.86. The SMILES string of the molecule is Cc1cccc(-c2c[n-]c(CN(c3ccccc3)c3ccccc3)n2)c1. The molecule has 1 heterocycles. The molecule has 1 aromatic heterocycles.